The van der Waals surface area contributed by atoms with Gasteiger partial charge in [0.15, 0.2) is 5.82 Å². The van der Waals surface area contributed by atoms with E-state index in [-0.39, 0.29) is 24.2 Å². The molecule has 228 valence electrons. The summed E-state index contributed by atoms with van der Waals surface area (Å²) in [6.45, 7) is 2.99. The number of nitrogens with one attached hydrogen (secondary N) is 3. The maximum atomic E-state index is 15.0. The number of amides is 3. The zero-order chi connectivity index (χ0) is 31.7. The number of pyridine rings is 1. The smallest absolute Gasteiger partial charge is 0.328 e. The average Bonchev–Trinajstić information content (AvgIpc) is 3.01. The van der Waals surface area contributed by atoms with Crippen LogP contribution in [0.15, 0.2) is 72.9 Å². The Morgan fingerprint density at radius 2 is 1.76 bits per heavy atom. The van der Waals surface area contributed by atoms with Crippen LogP contribution in [0, 0.1) is 18.6 Å². The Labute approximate surface area is 258 Å². The van der Waals surface area contributed by atoms with Crippen molar-refractivity contribution in [2.45, 2.75) is 13.5 Å². The molecule has 45 heavy (non-hydrogen) atoms. The van der Waals surface area contributed by atoms with Gasteiger partial charge in [0.25, 0.3) is 5.91 Å². The van der Waals surface area contributed by atoms with E-state index in [1.807, 2.05) is 50.2 Å². The van der Waals surface area contributed by atoms with Crippen LogP contribution < -0.4 is 20.9 Å². The number of hydrogen-bond acceptors (Lipinski definition) is 7. The van der Waals surface area contributed by atoms with Gasteiger partial charge in [0.2, 0.25) is 5.95 Å². The van der Waals surface area contributed by atoms with Crippen LogP contribution in [-0.2, 0) is 6.54 Å². The molecule has 1 aliphatic rings. The molecular weight excluding hydrogens is 578 g/mol. The normalized spacial score (nSPS) is 12.7. The predicted octanol–water partition coefficient (Wildman–Crippen LogP) is 5.87. The number of rotatable bonds is 8. The third-order valence-electron chi connectivity index (χ3n) is 7.45. The zero-order valence-corrected chi connectivity index (χ0v) is 24.9. The Morgan fingerprint density at radius 1 is 1.00 bits per heavy atom. The Kier molecular flexibility index (Phi) is 8.05. The van der Waals surface area contributed by atoms with E-state index >= 15 is 8.78 Å². The average molecular weight is 609 g/mol. The van der Waals surface area contributed by atoms with Gasteiger partial charge in [-0.05, 0) is 62.3 Å². The number of halogens is 2. The van der Waals surface area contributed by atoms with Gasteiger partial charge in [0, 0.05) is 41.4 Å². The van der Waals surface area contributed by atoms with Crippen molar-refractivity contribution in [1.82, 2.24) is 25.2 Å². The minimum absolute atomic E-state index is 0.00488. The molecule has 3 aromatic carbocycles. The van der Waals surface area contributed by atoms with Gasteiger partial charge in [-0.25, -0.2) is 28.4 Å². The molecule has 0 spiro atoms. The number of aromatic nitrogens is 3. The molecule has 6 rings (SSSR count). The summed E-state index contributed by atoms with van der Waals surface area (Å²) in [5, 5.41) is 10.6. The van der Waals surface area contributed by atoms with Crippen molar-refractivity contribution in [3.05, 3.63) is 101 Å². The number of hydrogen-bond donors (Lipinski definition) is 3. The quantitative estimate of drug-likeness (QED) is 0.202. The molecule has 12 heteroatoms. The summed E-state index contributed by atoms with van der Waals surface area (Å²) in [4.78, 5) is 43.1. The van der Waals surface area contributed by atoms with Crippen molar-refractivity contribution >= 4 is 46.0 Å². The minimum atomic E-state index is -0.919. The lowest BCUT2D eigenvalue weighted by Gasteiger charge is -2.31. The minimum Gasteiger partial charge on any atom is -0.353 e. The van der Waals surface area contributed by atoms with Crippen LogP contribution in [0.1, 0.15) is 21.5 Å². The molecule has 3 heterocycles. The number of nitrogens with zero attached hydrogens (tertiary/aromatic N) is 5. The maximum Gasteiger partial charge on any atom is 0.328 e. The van der Waals surface area contributed by atoms with E-state index < -0.39 is 23.4 Å². The van der Waals surface area contributed by atoms with Crippen LogP contribution in [0.5, 0.6) is 0 Å². The molecule has 0 radical (unpaired) electrons. The summed E-state index contributed by atoms with van der Waals surface area (Å²) < 4.78 is 30.0. The SMILES string of the molecule is Cc1ccc(C(=O)Nc2cc3ccccc3cn2)cc1-c1nc(NCCN(C)C)nc2c1CNC(=O)N2c1c(F)cccc1F. The Morgan fingerprint density at radius 3 is 2.51 bits per heavy atom. The van der Waals surface area contributed by atoms with Crippen molar-refractivity contribution in [2.75, 3.05) is 42.7 Å². The highest BCUT2D eigenvalue weighted by Crippen LogP contribution is 2.39. The number of carbonyl (C=O) groups excluding carboxylic acids is 2. The number of urea groups is 1. The number of fused-ring (bicyclic) bond motifs is 2. The number of aryl methyl sites for hydroxylation is 1. The molecule has 0 fully saturated rings. The molecule has 0 aliphatic carbocycles. The first-order valence-corrected chi connectivity index (χ1v) is 14.3. The standard InChI is InChI=1S/C33H30F2N8O2/c1-19-11-12-21(31(44)39-27-16-20-7-4-5-8-22(20)17-37-27)15-23(19)28-24-18-38-33(45)43(29-25(34)9-6-10-26(29)35)30(24)41-32(40-28)36-13-14-42(2)3/h4-12,15-17H,13-14,18H2,1-3H3,(H,38,45)(H,36,40,41)(H,37,39,44). The van der Waals surface area contributed by atoms with E-state index in [9.17, 15) is 9.59 Å². The van der Waals surface area contributed by atoms with Gasteiger partial charge in [-0.2, -0.15) is 4.98 Å². The van der Waals surface area contributed by atoms with Crippen molar-refractivity contribution < 1.29 is 18.4 Å². The van der Waals surface area contributed by atoms with Crippen LogP contribution >= 0.6 is 0 Å². The van der Waals surface area contributed by atoms with Gasteiger partial charge in [-0.15, -0.1) is 0 Å². The first-order chi connectivity index (χ1) is 21.7. The second-order valence-electron chi connectivity index (χ2n) is 10.9. The summed E-state index contributed by atoms with van der Waals surface area (Å²) in [6.07, 6.45) is 1.70. The fourth-order valence-corrected chi connectivity index (χ4v) is 5.12. The predicted molar refractivity (Wildman–Crippen MR) is 170 cm³/mol. The topological polar surface area (TPSA) is 115 Å². The number of likely N-dealkylation sites (N-methyl/N-ethyl adjacent to an activating group) is 1. The number of benzene rings is 3. The number of carbonyl (C=O) groups is 2. The Balaban J connectivity index is 1.44. The molecule has 5 aromatic rings. The second kappa shape index (κ2) is 12.2. The molecule has 0 saturated heterocycles. The molecule has 0 unspecified atom stereocenters. The van der Waals surface area contributed by atoms with Crippen LogP contribution in [0.25, 0.3) is 22.0 Å². The summed E-state index contributed by atoms with van der Waals surface area (Å²) in [7, 11) is 3.84. The molecule has 2 aromatic heterocycles. The molecule has 0 atom stereocenters. The first-order valence-electron chi connectivity index (χ1n) is 14.3. The fourth-order valence-electron chi connectivity index (χ4n) is 5.12. The van der Waals surface area contributed by atoms with Gasteiger partial charge >= 0.3 is 6.03 Å². The molecule has 10 nitrogen and oxygen atoms in total. The number of para-hydroxylation sites is 1. The van der Waals surface area contributed by atoms with Crippen molar-refractivity contribution in [1.29, 1.82) is 0 Å². The molecular formula is C33H30F2N8O2. The first kappa shape index (κ1) is 29.6. The molecule has 0 saturated carbocycles. The van der Waals surface area contributed by atoms with Crippen LogP contribution in [-0.4, -0.2) is 59.0 Å². The largest absolute Gasteiger partial charge is 0.353 e. The van der Waals surface area contributed by atoms with Crippen molar-refractivity contribution in [2.24, 2.45) is 0 Å². The molecule has 3 amide bonds. The van der Waals surface area contributed by atoms with Gasteiger partial charge in [-0.1, -0.05) is 36.4 Å². The van der Waals surface area contributed by atoms with E-state index in [0.717, 1.165) is 33.4 Å². The maximum absolute atomic E-state index is 15.0. The third kappa shape index (κ3) is 6.00. The fraction of sp³-hybridized carbons (Fsp3) is 0.182. The zero-order valence-electron chi connectivity index (χ0n) is 24.9. The van der Waals surface area contributed by atoms with Gasteiger partial charge in [0.1, 0.15) is 23.1 Å². The van der Waals surface area contributed by atoms with E-state index in [2.05, 4.69) is 25.9 Å². The molecule has 3 N–H and O–H groups in total. The van der Waals surface area contributed by atoms with Gasteiger partial charge < -0.3 is 20.9 Å². The van der Waals surface area contributed by atoms with Crippen LogP contribution in [0.2, 0.25) is 0 Å². The Bertz CT molecular complexity index is 1930. The summed E-state index contributed by atoms with van der Waals surface area (Å²) in [5.41, 5.74) is 2.02. The third-order valence-corrected chi connectivity index (χ3v) is 7.45. The summed E-state index contributed by atoms with van der Waals surface area (Å²) in [5.74, 6) is -1.62. The van der Waals surface area contributed by atoms with Gasteiger partial charge in [-0.3, -0.25) is 4.79 Å². The lowest BCUT2D eigenvalue weighted by atomic mass is 9.97. The highest BCUT2D eigenvalue weighted by molar-refractivity contribution is 6.06. The van der Waals surface area contributed by atoms with E-state index in [1.54, 1.807) is 30.5 Å². The monoisotopic (exact) mass is 608 g/mol. The lowest BCUT2D eigenvalue weighted by molar-refractivity contribution is 0.102. The number of anilines is 4. The van der Waals surface area contributed by atoms with E-state index in [4.69, 9.17) is 4.98 Å². The van der Waals surface area contributed by atoms with Crippen molar-refractivity contribution in [3.63, 3.8) is 0 Å². The van der Waals surface area contributed by atoms with Crippen LogP contribution in [0.3, 0.4) is 0 Å². The van der Waals surface area contributed by atoms with Crippen molar-refractivity contribution in [3.8, 4) is 11.3 Å². The van der Waals surface area contributed by atoms with E-state index in [0.29, 0.717) is 41.3 Å². The summed E-state index contributed by atoms with van der Waals surface area (Å²) >= 11 is 0. The lowest BCUT2D eigenvalue weighted by Crippen LogP contribution is -2.43. The van der Waals surface area contributed by atoms with Crippen LogP contribution in [0.4, 0.5) is 36.8 Å². The highest BCUT2D eigenvalue weighted by atomic mass is 19.1. The summed E-state index contributed by atoms with van der Waals surface area (Å²) in [6, 6.07) is 17.3. The highest BCUT2D eigenvalue weighted by Gasteiger charge is 2.34. The molecule has 0 bridgehead atoms. The Hall–Kier alpha value is -5.49. The van der Waals surface area contributed by atoms with E-state index in [1.165, 1.54) is 6.07 Å². The molecule has 1 aliphatic heterocycles. The van der Waals surface area contributed by atoms with Gasteiger partial charge in [0.05, 0.1) is 12.2 Å². The second-order valence-corrected chi connectivity index (χ2v) is 10.9.